The van der Waals surface area contributed by atoms with Crippen LogP contribution in [0.15, 0.2) is 24.3 Å². The highest BCUT2D eigenvalue weighted by Crippen LogP contribution is 2.14. The molecule has 0 fully saturated rings. The van der Waals surface area contributed by atoms with Crippen molar-refractivity contribution in [2.24, 2.45) is 5.73 Å². The molecular weight excluding hydrogens is 278 g/mol. The molecule has 3 N–H and O–H groups in total. The molecule has 1 aromatic rings. The molecule has 0 aliphatic heterocycles. The summed E-state index contributed by atoms with van der Waals surface area (Å²) in [6.45, 7) is -0.708. The Morgan fingerprint density at radius 1 is 1.37 bits per heavy atom. The van der Waals surface area contributed by atoms with Gasteiger partial charge in [-0.25, -0.2) is 0 Å². The zero-order valence-electron chi connectivity index (χ0n) is 10.4. The highest BCUT2D eigenvalue weighted by Gasteiger charge is 2.10. The van der Waals surface area contributed by atoms with E-state index in [1.807, 2.05) is 6.92 Å². The van der Waals surface area contributed by atoms with E-state index < -0.39 is 12.7 Å². The predicted octanol–water partition coefficient (Wildman–Crippen LogP) is 2.06. The molecule has 0 aromatic heterocycles. The Bertz CT molecular complexity index is 388. The van der Waals surface area contributed by atoms with E-state index in [9.17, 15) is 13.6 Å². The van der Waals surface area contributed by atoms with Gasteiger partial charge in [-0.1, -0.05) is 19.1 Å². The van der Waals surface area contributed by atoms with Gasteiger partial charge in [-0.05, 0) is 24.1 Å². The van der Waals surface area contributed by atoms with E-state index in [-0.39, 0.29) is 24.1 Å². The number of carbonyl (C=O) groups is 1. The number of amides is 1. The fourth-order valence-corrected chi connectivity index (χ4v) is 1.29. The number of hydrogen-bond donors (Lipinski definition) is 2. The van der Waals surface area contributed by atoms with Crippen LogP contribution in [0.5, 0.6) is 5.75 Å². The van der Waals surface area contributed by atoms with Crippen molar-refractivity contribution >= 4 is 18.3 Å². The number of hydrogen-bond acceptors (Lipinski definition) is 3. The second-order valence-corrected chi connectivity index (χ2v) is 3.75. The van der Waals surface area contributed by atoms with Crippen LogP contribution in [0.1, 0.15) is 18.9 Å². The van der Waals surface area contributed by atoms with Crippen LogP contribution in [-0.4, -0.2) is 18.6 Å². The molecule has 0 aliphatic rings. The molecule has 7 heteroatoms. The minimum atomic E-state index is -2.84. The summed E-state index contributed by atoms with van der Waals surface area (Å²) in [5.41, 5.74) is 6.33. The Hall–Kier alpha value is -1.40. The van der Waals surface area contributed by atoms with Gasteiger partial charge in [0.25, 0.3) is 0 Å². The van der Waals surface area contributed by atoms with Crippen molar-refractivity contribution in [3.05, 3.63) is 29.8 Å². The third-order valence-electron chi connectivity index (χ3n) is 2.39. The zero-order valence-corrected chi connectivity index (χ0v) is 11.3. The molecule has 0 bridgehead atoms. The first-order valence-corrected chi connectivity index (χ1v) is 5.60. The summed E-state index contributed by atoms with van der Waals surface area (Å²) in [4.78, 5) is 11.4. The molecule has 1 aromatic carbocycles. The van der Waals surface area contributed by atoms with Crippen molar-refractivity contribution < 1.29 is 18.3 Å². The molecule has 0 saturated heterocycles. The quantitative estimate of drug-likeness (QED) is 0.844. The molecule has 0 radical (unpaired) electrons. The fraction of sp³-hybridized carbons (Fsp3) is 0.417. The third-order valence-corrected chi connectivity index (χ3v) is 2.39. The van der Waals surface area contributed by atoms with Crippen molar-refractivity contribution in [2.45, 2.75) is 32.5 Å². The Kier molecular flexibility index (Phi) is 8.02. The minimum absolute atomic E-state index is 0. The zero-order chi connectivity index (χ0) is 13.5. The molecule has 19 heavy (non-hydrogen) atoms. The summed E-state index contributed by atoms with van der Waals surface area (Å²) >= 11 is 0. The molecule has 0 saturated carbocycles. The van der Waals surface area contributed by atoms with Crippen molar-refractivity contribution in [1.29, 1.82) is 0 Å². The Labute approximate surface area is 116 Å². The van der Waals surface area contributed by atoms with E-state index in [0.717, 1.165) is 5.56 Å². The number of ether oxygens (including phenoxy) is 1. The van der Waals surface area contributed by atoms with Crippen molar-refractivity contribution in [3.8, 4) is 5.75 Å². The molecule has 0 heterocycles. The number of nitrogens with two attached hydrogens (primary N) is 1. The second-order valence-electron chi connectivity index (χ2n) is 3.75. The van der Waals surface area contributed by atoms with Crippen LogP contribution in [0.25, 0.3) is 0 Å². The van der Waals surface area contributed by atoms with Gasteiger partial charge >= 0.3 is 6.61 Å². The molecule has 1 amide bonds. The molecule has 108 valence electrons. The highest BCUT2D eigenvalue weighted by atomic mass is 35.5. The average Bonchev–Trinajstić information content (AvgIpc) is 2.36. The summed E-state index contributed by atoms with van der Waals surface area (Å²) in [6.07, 6.45) is 0.562. The first-order chi connectivity index (χ1) is 8.52. The van der Waals surface area contributed by atoms with Gasteiger partial charge in [-0.2, -0.15) is 8.78 Å². The smallest absolute Gasteiger partial charge is 0.387 e. The molecule has 1 atom stereocenters. The van der Waals surface area contributed by atoms with Crippen LogP contribution in [0, 0.1) is 0 Å². The molecule has 0 unspecified atom stereocenters. The van der Waals surface area contributed by atoms with Gasteiger partial charge < -0.3 is 15.8 Å². The van der Waals surface area contributed by atoms with Gasteiger partial charge in [0.1, 0.15) is 5.75 Å². The van der Waals surface area contributed by atoms with Crippen molar-refractivity contribution in [2.75, 3.05) is 0 Å². The maximum absolute atomic E-state index is 11.9. The molecule has 4 nitrogen and oxygen atoms in total. The maximum atomic E-state index is 11.9. The minimum Gasteiger partial charge on any atom is -0.435 e. The fourth-order valence-electron chi connectivity index (χ4n) is 1.29. The average molecular weight is 295 g/mol. The third kappa shape index (κ3) is 6.35. The molecule has 1 rings (SSSR count). The van der Waals surface area contributed by atoms with Crippen LogP contribution in [0.4, 0.5) is 8.78 Å². The van der Waals surface area contributed by atoms with E-state index in [1.165, 1.54) is 12.1 Å². The molecule has 0 spiro atoms. The van der Waals surface area contributed by atoms with E-state index in [1.54, 1.807) is 12.1 Å². The lowest BCUT2D eigenvalue weighted by atomic mass is 10.2. The van der Waals surface area contributed by atoms with Gasteiger partial charge in [0.05, 0.1) is 6.04 Å². The van der Waals surface area contributed by atoms with Gasteiger partial charge in [-0.3, -0.25) is 4.79 Å². The van der Waals surface area contributed by atoms with E-state index >= 15 is 0 Å². The van der Waals surface area contributed by atoms with Gasteiger partial charge in [0.15, 0.2) is 0 Å². The predicted molar refractivity (Wildman–Crippen MR) is 70.4 cm³/mol. The number of halogens is 3. The number of carbonyl (C=O) groups excluding carboxylic acids is 1. The lowest BCUT2D eigenvalue weighted by molar-refractivity contribution is -0.122. The number of rotatable bonds is 6. The first kappa shape index (κ1) is 17.6. The van der Waals surface area contributed by atoms with Crippen molar-refractivity contribution in [1.82, 2.24) is 5.32 Å². The van der Waals surface area contributed by atoms with Crippen LogP contribution in [0.2, 0.25) is 0 Å². The second kappa shape index (κ2) is 8.66. The molecular formula is C12H17ClF2N2O2. The lowest BCUT2D eigenvalue weighted by Crippen LogP contribution is -2.39. The Morgan fingerprint density at radius 2 is 1.95 bits per heavy atom. The van der Waals surface area contributed by atoms with E-state index in [4.69, 9.17) is 5.73 Å². The van der Waals surface area contributed by atoms with E-state index in [0.29, 0.717) is 13.0 Å². The number of nitrogens with one attached hydrogen (secondary N) is 1. The standard InChI is InChI=1S/C12H16F2N2O2.ClH/c1-2-10(15)11(17)16-7-8-3-5-9(6-4-8)18-12(13)14;/h3-6,10,12H,2,7,15H2,1H3,(H,16,17);1H/t10-;/m0./s1. The highest BCUT2D eigenvalue weighted by molar-refractivity contribution is 5.85. The van der Waals surface area contributed by atoms with Gasteiger partial charge in [-0.15, -0.1) is 12.4 Å². The summed E-state index contributed by atoms with van der Waals surface area (Å²) in [7, 11) is 0. The number of alkyl halides is 2. The van der Waals surface area contributed by atoms with Crippen molar-refractivity contribution in [3.63, 3.8) is 0 Å². The molecule has 0 aliphatic carbocycles. The first-order valence-electron chi connectivity index (χ1n) is 5.60. The van der Waals surface area contributed by atoms with Crippen LogP contribution in [-0.2, 0) is 11.3 Å². The van der Waals surface area contributed by atoms with E-state index in [2.05, 4.69) is 10.1 Å². The Morgan fingerprint density at radius 3 is 2.42 bits per heavy atom. The monoisotopic (exact) mass is 294 g/mol. The lowest BCUT2D eigenvalue weighted by Gasteiger charge is -2.10. The topological polar surface area (TPSA) is 64.4 Å². The van der Waals surface area contributed by atoms with Gasteiger partial charge in [0.2, 0.25) is 5.91 Å². The summed E-state index contributed by atoms with van der Waals surface area (Å²) in [5.74, 6) is -0.143. The van der Waals surface area contributed by atoms with Crippen LogP contribution < -0.4 is 15.8 Å². The summed E-state index contributed by atoms with van der Waals surface area (Å²) < 4.78 is 28.0. The Balaban J connectivity index is 0.00000324. The summed E-state index contributed by atoms with van der Waals surface area (Å²) in [5, 5.41) is 2.66. The van der Waals surface area contributed by atoms with Gasteiger partial charge in [0, 0.05) is 6.54 Å². The maximum Gasteiger partial charge on any atom is 0.387 e. The summed E-state index contributed by atoms with van der Waals surface area (Å²) in [6, 6.07) is 5.54. The normalized spacial score (nSPS) is 11.6. The number of benzene rings is 1. The van der Waals surface area contributed by atoms with Crippen LogP contribution in [0.3, 0.4) is 0 Å². The largest absolute Gasteiger partial charge is 0.435 e. The van der Waals surface area contributed by atoms with Crippen LogP contribution >= 0.6 is 12.4 Å². The SMILES string of the molecule is CC[C@H](N)C(=O)NCc1ccc(OC(F)F)cc1.Cl.